The van der Waals surface area contributed by atoms with Crippen LogP contribution in [-0.4, -0.2) is 36.0 Å². The number of hydrogen-bond donors (Lipinski definition) is 3. The topological polar surface area (TPSA) is 95.5 Å². The molecule has 0 saturated heterocycles. The van der Waals surface area contributed by atoms with E-state index < -0.39 is 11.9 Å². The first-order chi connectivity index (χ1) is 13.3. The zero-order valence-corrected chi connectivity index (χ0v) is 16.4. The number of benzene rings is 2. The second-order valence-electron chi connectivity index (χ2n) is 7.43. The molecule has 0 spiro atoms. The Morgan fingerprint density at radius 1 is 0.964 bits per heavy atom. The van der Waals surface area contributed by atoms with Crippen molar-refractivity contribution in [1.29, 1.82) is 0 Å². The van der Waals surface area contributed by atoms with Crippen molar-refractivity contribution in [2.45, 2.75) is 33.1 Å². The third-order valence-electron chi connectivity index (χ3n) is 4.59. The van der Waals surface area contributed by atoms with Crippen molar-refractivity contribution in [3.05, 3.63) is 48.0 Å². The summed E-state index contributed by atoms with van der Waals surface area (Å²) in [6, 6.07) is 13.7. The van der Waals surface area contributed by atoms with Crippen molar-refractivity contribution >= 4 is 28.6 Å². The maximum absolute atomic E-state index is 11.9. The first-order valence-corrected chi connectivity index (χ1v) is 9.59. The largest absolute Gasteiger partial charge is 0.481 e. The van der Waals surface area contributed by atoms with Crippen molar-refractivity contribution in [3.8, 4) is 0 Å². The minimum atomic E-state index is -0.963. The smallest absolute Gasteiger partial charge is 0.308 e. The molecule has 0 aliphatic rings. The van der Waals surface area contributed by atoms with Gasteiger partial charge in [-0.15, -0.1) is 0 Å². The lowest BCUT2D eigenvalue weighted by molar-refractivity contribution is -0.141. The first-order valence-electron chi connectivity index (χ1n) is 9.59. The van der Waals surface area contributed by atoms with Gasteiger partial charge in [-0.05, 0) is 35.1 Å². The van der Waals surface area contributed by atoms with Crippen LogP contribution in [-0.2, 0) is 20.8 Å². The summed E-state index contributed by atoms with van der Waals surface area (Å²) in [6.45, 7) is 3.94. The van der Waals surface area contributed by atoms with Crippen LogP contribution in [0.25, 0.3) is 10.8 Å². The Morgan fingerprint density at radius 3 is 2.36 bits per heavy atom. The van der Waals surface area contributed by atoms with Crippen LogP contribution in [0.5, 0.6) is 0 Å². The Bertz CT molecular complexity index is 832. The summed E-state index contributed by atoms with van der Waals surface area (Å²) >= 11 is 0. The second kappa shape index (κ2) is 10.4. The Hall–Kier alpha value is -2.89. The molecular weight excluding hydrogens is 356 g/mol. The number of rotatable bonds is 10. The lowest BCUT2D eigenvalue weighted by Gasteiger charge is -2.14. The van der Waals surface area contributed by atoms with Crippen molar-refractivity contribution in [3.63, 3.8) is 0 Å². The van der Waals surface area contributed by atoms with Crippen LogP contribution in [0.1, 0.15) is 32.3 Å². The number of carboxylic acids is 1. The Balaban J connectivity index is 1.84. The van der Waals surface area contributed by atoms with Crippen LogP contribution < -0.4 is 10.6 Å². The second-order valence-corrected chi connectivity index (χ2v) is 7.43. The molecule has 2 aromatic carbocycles. The molecule has 0 aliphatic heterocycles. The summed E-state index contributed by atoms with van der Waals surface area (Å²) in [5, 5.41) is 16.8. The third-order valence-corrected chi connectivity index (χ3v) is 4.59. The van der Waals surface area contributed by atoms with Gasteiger partial charge in [-0.1, -0.05) is 56.3 Å². The molecule has 150 valence electrons. The van der Waals surface area contributed by atoms with E-state index in [4.69, 9.17) is 0 Å². The van der Waals surface area contributed by atoms with Gasteiger partial charge in [0.15, 0.2) is 0 Å². The molecule has 0 radical (unpaired) electrons. The molecule has 2 amide bonds. The number of nitrogens with one attached hydrogen (secondary N) is 2. The van der Waals surface area contributed by atoms with Crippen LogP contribution in [0.3, 0.4) is 0 Å². The fourth-order valence-electron chi connectivity index (χ4n) is 2.88. The lowest BCUT2D eigenvalue weighted by atomic mass is 9.97. The molecule has 0 aromatic heterocycles. The Kier molecular flexibility index (Phi) is 7.99. The molecule has 0 bridgehead atoms. The highest BCUT2D eigenvalue weighted by molar-refractivity contribution is 5.85. The van der Waals surface area contributed by atoms with Gasteiger partial charge in [0.05, 0.1) is 12.5 Å². The van der Waals surface area contributed by atoms with Crippen molar-refractivity contribution in [2.75, 3.05) is 13.1 Å². The van der Waals surface area contributed by atoms with Gasteiger partial charge in [0.2, 0.25) is 11.8 Å². The quantitative estimate of drug-likeness (QED) is 0.587. The highest BCUT2D eigenvalue weighted by Crippen LogP contribution is 2.18. The molecule has 3 N–H and O–H groups in total. The van der Waals surface area contributed by atoms with Crippen LogP contribution in [0.2, 0.25) is 0 Å². The standard InChI is InChI=1S/C22H28N2O4/c1-15(2)7-10-20(25)24-14-21(26)23-13-19(22(27)28)12-16-8-9-17-5-3-4-6-18(17)11-16/h3-6,8-9,11,15,19H,7,10,12-14H2,1-2H3,(H,23,26)(H,24,25)(H,27,28). The van der Waals surface area contributed by atoms with E-state index in [0.29, 0.717) is 18.8 Å². The normalized spacial score (nSPS) is 12.0. The van der Waals surface area contributed by atoms with E-state index >= 15 is 0 Å². The van der Waals surface area contributed by atoms with Crippen LogP contribution in [0.15, 0.2) is 42.5 Å². The van der Waals surface area contributed by atoms with Gasteiger partial charge in [-0.25, -0.2) is 0 Å². The zero-order valence-electron chi connectivity index (χ0n) is 16.4. The number of amides is 2. The Labute approximate surface area is 165 Å². The summed E-state index contributed by atoms with van der Waals surface area (Å²) in [5.74, 6) is -1.83. The number of carboxylic acid groups (broad SMARTS) is 1. The average molecular weight is 384 g/mol. The van der Waals surface area contributed by atoms with Gasteiger partial charge in [0, 0.05) is 13.0 Å². The molecule has 0 saturated carbocycles. The zero-order chi connectivity index (χ0) is 20.5. The van der Waals surface area contributed by atoms with Crippen LogP contribution in [0, 0.1) is 11.8 Å². The van der Waals surface area contributed by atoms with E-state index in [0.717, 1.165) is 22.8 Å². The SMILES string of the molecule is CC(C)CCC(=O)NCC(=O)NCC(Cc1ccc2ccccc2c1)C(=O)O. The molecule has 0 heterocycles. The number of carbonyl (C=O) groups excluding carboxylic acids is 2. The highest BCUT2D eigenvalue weighted by atomic mass is 16.4. The predicted molar refractivity (Wildman–Crippen MR) is 109 cm³/mol. The molecule has 0 aliphatic carbocycles. The maximum atomic E-state index is 11.9. The minimum Gasteiger partial charge on any atom is -0.481 e. The molecule has 2 rings (SSSR count). The number of hydrogen-bond acceptors (Lipinski definition) is 3. The predicted octanol–water partition coefficient (Wildman–Crippen LogP) is 2.75. The van der Waals surface area contributed by atoms with Crippen molar-refractivity contribution in [1.82, 2.24) is 10.6 Å². The maximum Gasteiger partial charge on any atom is 0.308 e. The summed E-state index contributed by atoms with van der Waals surface area (Å²) in [7, 11) is 0. The van der Waals surface area contributed by atoms with Crippen molar-refractivity contribution in [2.24, 2.45) is 11.8 Å². The van der Waals surface area contributed by atoms with Crippen LogP contribution >= 0.6 is 0 Å². The number of fused-ring (bicyclic) bond motifs is 1. The summed E-state index contributed by atoms with van der Waals surface area (Å²) in [5.41, 5.74) is 0.905. The van der Waals surface area contributed by atoms with Gasteiger partial charge in [-0.2, -0.15) is 0 Å². The molecule has 2 aromatic rings. The Morgan fingerprint density at radius 2 is 1.68 bits per heavy atom. The number of carbonyl (C=O) groups is 3. The van der Waals surface area contributed by atoms with Gasteiger partial charge in [0.1, 0.15) is 0 Å². The van der Waals surface area contributed by atoms with Crippen LogP contribution in [0.4, 0.5) is 0 Å². The monoisotopic (exact) mass is 384 g/mol. The van der Waals surface area contributed by atoms with Gasteiger partial charge in [-0.3, -0.25) is 14.4 Å². The van der Waals surface area contributed by atoms with Gasteiger partial charge < -0.3 is 15.7 Å². The molecule has 0 fully saturated rings. The lowest BCUT2D eigenvalue weighted by Crippen LogP contribution is -2.40. The van der Waals surface area contributed by atoms with E-state index in [9.17, 15) is 19.5 Å². The minimum absolute atomic E-state index is 0.0167. The van der Waals surface area contributed by atoms with Gasteiger partial charge >= 0.3 is 5.97 Å². The molecule has 6 heteroatoms. The van der Waals surface area contributed by atoms with Gasteiger partial charge in [0.25, 0.3) is 0 Å². The first kappa shape index (κ1) is 21.4. The molecule has 28 heavy (non-hydrogen) atoms. The highest BCUT2D eigenvalue weighted by Gasteiger charge is 2.19. The molecule has 1 unspecified atom stereocenters. The fraction of sp³-hybridized carbons (Fsp3) is 0.409. The average Bonchev–Trinajstić information content (AvgIpc) is 2.67. The summed E-state index contributed by atoms with van der Waals surface area (Å²) < 4.78 is 0. The molecule has 6 nitrogen and oxygen atoms in total. The van der Waals surface area contributed by atoms with Crippen molar-refractivity contribution < 1.29 is 19.5 Å². The van der Waals surface area contributed by atoms with E-state index in [2.05, 4.69) is 10.6 Å². The fourth-order valence-corrected chi connectivity index (χ4v) is 2.88. The molecule has 1 atom stereocenters. The third kappa shape index (κ3) is 7.02. The molecular formula is C22H28N2O4. The van der Waals surface area contributed by atoms with E-state index in [1.165, 1.54) is 0 Å². The van der Waals surface area contributed by atoms with E-state index in [-0.39, 0.29) is 24.9 Å². The van der Waals surface area contributed by atoms with E-state index in [1.807, 2.05) is 56.3 Å². The number of aliphatic carboxylic acids is 1. The summed E-state index contributed by atoms with van der Waals surface area (Å²) in [6.07, 6.45) is 1.46. The summed E-state index contributed by atoms with van der Waals surface area (Å²) in [4.78, 5) is 35.2. The van der Waals surface area contributed by atoms with E-state index in [1.54, 1.807) is 0 Å².